The summed E-state index contributed by atoms with van der Waals surface area (Å²) < 4.78 is 196. The summed E-state index contributed by atoms with van der Waals surface area (Å²) >= 11 is 0. The summed E-state index contributed by atoms with van der Waals surface area (Å²) in [5, 5.41) is 8.63. The van der Waals surface area contributed by atoms with E-state index >= 15 is 0 Å². The molecule has 1 heterocycles. The van der Waals surface area contributed by atoms with Crippen LogP contribution in [0.3, 0.4) is 0 Å². The highest BCUT2D eigenvalue weighted by Gasteiger charge is 2.42. The van der Waals surface area contributed by atoms with Gasteiger partial charge in [-0.3, -0.25) is 14.6 Å². The number of aliphatic imine (C=N–C) groups is 1. The molecule has 0 bridgehead atoms. The average Bonchev–Trinajstić information content (AvgIpc) is 3.51. The molecule has 1 atom stereocenters. The summed E-state index contributed by atoms with van der Waals surface area (Å²) in [6, 6.07) is 11.3. The lowest BCUT2D eigenvalue weighted by molar-refractivity contribution is -0.207. The van der Waals surface area contributed by atoms with Gasteiger partial charge in [0.1, 0.15) is 11.5 Å². The first-order valence-corrected chi connectivity index (χ1v) is 13.5. The third-order valence-corrected chi connectivity index (χ3v) is 6.19. The maximum absolute atomic E-state index is 13.0. The Morgan fingerprint density at radius 3 is 1.63 bits per heavy atom. The molecule has 4 nitrogen and oxygen atoms in total. The molecule has 4 aromatic rings. The van der Waals surface area contributed by atoms with E-state index in [1.165, 1.54) is 24.3 Å². The van der Waals surface area contributed by atoms with Gasteiger partial charge in [-0.2, -0.15) is 39.5 Å². The summed E-state index contributed by atoms with van der Waals surface area (Å²) in [6.07, 6.45) is -17.4. The quantitative estimate of drug-likeness (QED) is 0.128. The molecule has 52 heavy (non-hydrogen) atoms. The van der Waals surface area contributed by atoms with Crippen LogP contribution in [0.25, 0.3) is 0 Å². The second kappa shape index (κ2) is 17.3. The standard InChI is InChI=1S/C9H5F4N.C8H5F5O.C8H3F5O.C7H4F2O/c10-7-3-1-2-5-6(7)4-14-8(5)9(11,12)13;2*9-5-3-1-2-4(6(5)10)7(14)8(11,12)13;8-6-3-1-2-5(4-10)7(6)9/h1-3H,4H2;1-3,7,14H;1-3H;1-4H. The number of carbonyl (C=O) groups is 2. The third-order valence-electron chi connectivity index (χ3n) is 6.19. The number of alkyl halides is 9. The second-order valence-electron chi connectivity index (χ2n) is 9.70. The summed E-state index contributed by atoms with van der Waals surface area (Å²) in [4.78, 5) is 23.8. The number of rotatable bonds is 3. The minimum Gasteiger partial charge on any atom is -0.379 e. The zero-order valence-corrected chi connectivity index (χ0v) is 25.0. The van der Waals surface area contributed by atoms with Crippen LogP contribution < -0.4 is 0 Å². The first-order chi connectivity index (χ1) is 23.9. The Hall–Kier alpha value is -5.27. The molecule has 5 rings (SSSR count). The lowest BCUT2D eigenvalue weighted by atomic mass is 10.1. The highest BCUT2D eigenvalue weighted by molar-refractivity contribution is 6.07. The molecular formula is C32H17F16NO3. The maximum atomic E-state index is 13.0. The number of benzene rings is 4. The number of ketones is 1. The van der Waals surface area contributed by atoms with Crippen molar-refractivity contribution in [2.75, 3.05) is 0 Å². The monoisotopic (exact) mass is 767 g/mol. The summed E-state index contributed by atoms with van der Waals surface area (Å²) in [5.74, 6) is -11.5. The zero-order chi connectivity index (χ0) is 39.8. The third kappa shape index (κ3) is 11.1. The normalized spacial score (nSPS) is 12.8. The van der Waals surface area contributed by atoms with Crippen molar-refractivity contribution in [1.29, 1.82) is 0 Å². The van der Waals surface area contributed by atoms with E-state index in [9.17, 15) is 79.8 Å². The van der Waals surface area contributed by atoms with Crippen molar-refractivity contribution in [3.05, 3.63) is 141 Å². The van der Waals surface area contributed by atoms with Gasteiger partial charge >= 0.3 is 18.5 Å². The number of aldehydes is 1. The number of hydrogen-bond acceptors (Lipinski definition) is 4. The Labute approximate surface area is 280 Å². The molecule has 0 spiro atoms. The number of aliphatic hydroxyl groups is 1. The van der Waals surface area contributed by atoms with Crippen molar-refractivity contribution >= 4 is 17.8 Å². The minimum absolute atomic E-state index is 0.0276. The van der Waals surface area contributed by atoms with Gasteiger partial charge in [0.2, 0.25) is 0 Å². The van der Waals surface area contributed by atoms with Gasteiger partial charge in [-0.15, -0.1) is 0 Å². The summed E-state index contributed by atoms with van der Waals surface area (Å²) in [6.45, 7) is -0.225. The van der Waals surface area contributed by atoms with Gasteiger partial charge in [0.25, 0.3) is 5.78 Å². The lowest BCUT2D eigenvalue weighted by Crippen LogP contribution is -2.24. The molecule has 1 aliphatic rings. The predicted octanol–water partition coefficient (Wildman–Crippen LogP) is 9.74. The second-order valence-corrected chi connectivity index (χ2v) is 9.70. The first-order valence-electron chi connectivity index (χ1n) is 13.5. The van der Waals surface area contributed by atoms with Crippen LogP contribution in [0.1, 0.15) is 43.5 Å². The van der Waals surface area contributed by atoms with E-state index in [1.54, 1.807) is 0 Å². The molecule has 0 aromatic heterocycles. The maximum Gasteiger partial charge on any atom is 0.454 e. The van der Waals surface area contributed by atoms with E-state index in [1.807, 2.05) is 0 Å². The largest absolute Gasteiger partial charge is 0.454 e. The van der Waals surface area contributed by atoms with Crippen molar-refractivity contribution < 1.29 is 84.9 Å². The SMILES string of the molecule is Fc1cccc2c1CN=C2C(F)(F)F.O=C(c1cccc(F)c1F)C(F)(F)F.O=Cc1cccc(F)c1F.OC(c1cccc(F)c1F)C(F)(F)F. The van der Waals surface area contributed by atoms with Crippen LogP contribution in [-0.4, -0.2) is 41.4 Å². The average molecular weight is 767 g/mol. The molecule has 1 N–H and O–H groups in total. The molecule has 4 aromatic carbocycles. The van der Waals surface area contributed by atoms with Crippen molar-refractivity contribution in [2.24, 2.45) is 4.99 Å². The molecule has 0 radical (unpaired) electrons. The Morgan fingerprint density at radius 1 is 0.654 bits per heavy atom. The van der Waals surface area contributed by atoms with Crippen molar-refractivity contribution in [1.82, 2.24) is 0 Å². The fraction of sp³-hybridized carbons (Fsp3) is 0.156. The molecule has 280 valence electrons. The van der Waals surface area contributed by atoms with E-state index in [4.69, 9.17) is 5.11 Å². The molecule has 0 saturated carbocycles. The highest BCUT2D eigenvalue weighted by atomic mass is 19.4. The highest BCUT2D eigenvalue weighted by Crippen LogP contribution is 2.34. The Bertz CT molecular complexity index is 1910. The van der Waals surface area contributed by atoms with E-state index in [0.717, 1.165) is 24.3 Å². The van der Waals surface area contributed by atoms with Gasteiger partial charge in [0.15, 0.2) is 47.3 Å². The molecule has 0 amide bonds. The fourth-order valence-corrected chi connectivity index (χ4v) is 3.78. The van der Waals surface area contributed by atoms with Crippen LogP contribution in [0.2, 0.25) is 0 Å². The smallest absolute Gasteiger partial charge is 0.379 e. The van der Waals surface area contributed by atoms with E-state index in [0.29, 0.717) is 24.3 Å². The predicted molar refractivity (Wildman–Crippen MR) is 149 cm³/mol. The van der Waals surface area contributed by atoms with Crippen LogP contribution in [0.4, 0.5) is 70.2 Å². The van der Waals surface area contributed by atoms with E-state index in [-0.39, 0.29) is 29.5 Å². The molecular weight excluding hydrogens is 750 g/mol. The number of nitrogens with zero attached hydrogens (tertiary/aromatic N) is 1. The van der Waals surface area contributed by atoms with E-state index < -0.39 is 88.0 Å². The van der Waals surface area contributed by atoms with Crippen LogP contribution in [-0.2, 0) is 6.54 Å². The first kappa shape index (κ1) is 42.9. The number of hydrogen-bond donors (Lipinski definition) is 1. The van der Waals surface area contributed by atoms with Crippen LogP contribution in [0.15, 0.2) is 77.8 Å². The van der Waals surface area contributed by atoms with Gasteiger partial charge < -0.3 is 5.11 Å². The fourth-order valence-electron chi connectivity index (χ4n) is 3.78. The van der Waals surface area contributed by atoms with Gasteiger partial charge in [0.05, 0.1) is 17.7 Å². The molecule has 0 saturated heterocycles. The number of carbonyl (C=O) groups excluding carboxylic acids is 2. The summed E-state index contributed by atoms with van der Waals surface area (Å²) in [7, 11) is 0. The van der Waals surface area contributed by atoms with Gasteiger partial charge in [0, 0.05) is 16.7 Å². The number of halogens is 16. The topological polar surface area (TPSA) is 66.7 Å². The van der Waals surface area contributed by atoms with Gasteiger partial charge in [-0.1, -0.05) is 36.4 Å². The number of aliphatic hydroxyl groups excluding tert-OH is 1. The van der Waals surface area contributed by atoms with Crippen LogP contribution in [0, 0.1) is 40.7 Å². The lowest BCUT2D eigenvalue weighted by Gasteiger charge is -2.15. The van der Waals surface area contributed by atoms with Crippen molar-refractivity contribution in [3.63, 3.8) is 0 Å². The van der Waals surface area contributed by atoms with Crippen LogP contribution in [0.5, 0.6) is 0 Å². The van der Waals surface area contributed by atoms with Gasteiger partial charge in [-0.05, 0) is 36.4 Å². The van der Waals surface area contributed by atoms with Gasteiger partial charge in [-0.25, -0.2) is 30.7 Å². The Balaban J connectivity index is 0.000000242. The number of Topliss-reactive ketones (excluding diaryl/α,β-unsaturated/α-hetero) is 1. The van der Waals surface area contributed by atoms with Crippen LogP contribution >= 0.6 is 0 Å². The number of fused-ring (bicyclic) bond motifs is 1. The Morgan fingerprint density at radius 2 is 1.13 bits per heavy atom. The molecule has 20 heteroatoms. The van der Waals surface area contributed by atoms with E-state index in [2.05, 4.69) is 4.99 Å². The van der Waals surface area contributed by atoms with Crippen molar-refractivity contribution in [3.8, 4) is 0 Å². The zero-order valence-electron chi connectivity index (χ0n) is 25.0. The molecule has 1 aliphatic heterocycles. The summed E-state index contributed by atoms with van der Waals surface area (Å²) in [5.41, 5.74) is -3.76. The van der Waals surface area contributed by atoms with Crippen molar-refractivity contribution in [2.45, 2.75) is 31.2 Å². The molecule has 0 fully saturated rings. The molecule has 0 aliphatic carbocycles. The minimum atomic E-state index is -5.20. The molecule has 1 unspecified atom stereocenters. The Kier molecular flexibility index (Phi) is 14.3.